The molecule has 1 fully saturated rings. The molecule has 2 aromatic rings. The predicted octanol–water partition coefficient (Wildman–Crippen LogP) is 2.47. The van der Waals surface area contributed by atoms with E-state index in [1.54, 1.807) is 18.2 Å². The number of nitrogens with one attached hydrogen (secondary N) is 2. The first-order valence-electron chi connectivity index (χ1n) is 10.5. The Kier molecular flexibility index (Phi) is 8.20. The number of carbonyl (C=O) groups is 2. The van der Waals surface area contributed by atoms with Gasteiger partial charge in [0.05, 0.1) is 18.8 Å². The molecular formula is C24H30N4O3. The molecule has 1 saturated heterocycles. The lowest BCUT2D eigenvalue weighted by Gasteiger charge is -2.26. The molecule has 0 spiro atoms. The second-order valence-electron chi connectivity index (χ2n) is 7.57. The number of benzene rings is 2. The van der Waals surface area contributed by atoms with Crippen molar-refractivity contribution in [3.63, 3.8) is 0 Å². The van der Waals surface area contributed by atoms with Gasteiger partial charge in [-0.25, -0.2) is 0 Å². The Balaban J connectivity index is 1.63. The molecule has 2 amide bonds. The maximum atomic E-state index is 12.9. The topological polar surface area (TPSA) is 73.9 Å². The van der Waals surface area contributed by atoms with Gasteiger partial charge in [0.25, 0.3) is 5.91 Å². The Bertz CT molecular complexity index is 906. The van der Waals surface area contributed by atoms with Gasteiger partial charge in [-0.05, 0) is 29.8 Å². The molecule has 0 unspecified atom stereocenters. The van der Waals surface area contributed by atoms with Crippen molar-refractivity contribution >= 4 is 29.3 Å². The van der Waals surface area contributed by atoms with Crippen molar-refractivity contribution in [1.29, 1.82) is 0 Å². The van der Waals surface area contributed by atoms with Crippen LogP contribution in [0.4, 0.5) is 11.4 Å². The van der Waals surface area contributed by atoms with Crippen molar-refractivity contribution in [2.75, 3.05) is 63.7 Å². The maximum absolute atomic E-state index is 12.9. The molecule has 0 radical (unpaired) electrons. The summed E-state index contributed by atoms with van der Waals surface area (Å²) in [5.74, 6) is -0.409. The lowest BCUT2D eigenvalue weighted by atomic mass is 10.1. The lowest BCUT2D eigenvalue weighted by molar-refractivity contribution is -0.111. The molecule has 1 aliphatic heterocycles. The van der Waals surface area contributed by atoms with Gasteiger partial charge in [0.1, 0.15) is 0 Å². The van der Waals surface area contributed by atoms with Gasteiger partial charge >= 0.3 is 0 Å². The number of nitrogens with zero attached hydrogens (tertiary/aromatic N) is 2. The molecule has 0 saturated carbocycles. The molecule has 7 nitrogen and oxygen atoms in total. The molecule has 0 aromatic heterocycles. The summed E-state index contributed by atoms with van der Waals surface area (Å²) in [5.41, 5.74) is 2.84. The summed E-state index contributed by atoms with van der Waals surface area (Å²) in [6.07, 6.45) is 3.24. The maximum Gasteiger partial charge on any atom is 0.253 e. The summed E-state index contributed by atoms with van der Waals surface area (Å²) in [6.45, 7) is 4.58. The first-order chi connectivity index (χ1) is 15.0. The fraction of sp³-hybridized carbons (Fsp3) is 0.333. The number of hydrogen-bond donors (Lipinski definition) is 2. The van der Waals surface area contributed by atoms with E-state index in [4.69, 9.17) is 4.74 Å². The normalized spacial score (nSPS) is 14.4. The molecule has 0 aliphatic carbocycles. The van der Waals surface area contributed by atoms with Crippen LogP contribution >= 0.6 is 0 Å². The number of anilines is 2. The number of amides is 2. The van der Waals surface area contributed by atoms with E-state index in [-0.39, 0.29) is 11.8 Å². The van der Waals surface area contributed by atoms with E-state index in [1.807, 2.05) is 55.4 Å². The summed E-state index contributed by atoms with van der Waals surface area (Å²) >= 11 is 0. The van der Waals surface area contributed by atoms with Crippen molar-refractivity contribution < 1.29 is 14.3 Å². The van der Waals surface area contributed by atoms with E-state index in [2.05, 4.69) is 15.5 Å². The Labute approximate surface area is 183 Å². The van der Waals surface area contributed by atoms with Crippen LogP contribution in [0.15, 0.2) is 54.6 Å². The summed E-state index contributed by atoms with van der Waals surface area (Å²) in [4.78, 5) is 29.3. The molecule has 31 heavy (non-hydrogen) atoms. The van der Waals surface area contributed by atoms with Crippen molar-refractivity contribution in [2.45, 2.75) is 0 Å². The third kappa shape index (κ3) is 6.94. The van der Waals surface area contributed by atoms with Crippen LogP contribution in [-0.2, 0) is 9.53 Å². The van der Waals surface area contributed by atoms with Crippen molar-refractivity contribution in [1.82, 2.24) is 10.2 Å². The van der Waals surface area contributed by atoms with E-state index in [1.165, 1.54) is 6.08 Å². The van der Waals surface area contributed by atoms with Crippen LogP contribution < -0.4 is 15.5 Å². The summed E-state index contributed by atoms with van der Waals surface area (Å²) in [6, 6.07) is 15.0. The molecule has 1 heterocycles. The average molecular weight is 423 g/mol. The largest absolute Gasteiger partial charge is 0.379 e. The highest BCUT2D eigenvalue weighted by Crippen LogP contribution is 2.23. The summed E-state index contributed by atoms with van der Waals surface area (Å²) in [5, 5.41) is 5.83. The fourth-order valence-corrected chi connectivity index (χ4v) is 3.35. The van der Waals surface area contributed by atoms with Crippen LogP contribution in [0.2, 0.25) is 0 Å². The Hall–Kier alpha value is -3.16. The van der Waals surface area contributed by atoms with Crippen LogP contribution in [-0.4, -0.2) is 70.2 Å². The van der Waals surface area contributed by atoms with E-state index >= 15 is 0 Å². The standard InChI is InChI=1S/C24H30N4O3/c1-27(2)22-10-9-20(26-23(29)11-8-19-6-4-3-5-7-19)18-21(22)24(30)25-12-13-28-14-16-31-17-15-28/h3-11,18H,12-17H2,1-2H3,(H,25,30)(H,26,29)/b11-8+. The van der Waals surface area contributed by atoms with Crippen molar-refractivity contribution in [3.05, 3.63) is 65.7 Å². The molecule has 2 N–H and O–H groups in total. The van der Waals surface area contributed by atoms with Crippen LogP contribution in [0, 0.1) is 0 Å². The smallest absolute Gasteiger partial charge is 0.253 e. The van der Waals surface area contributed by atoms with Crippen molar-refractivity contribution in [2.24, 2.45) is 0 Å². The third-order valence-electron chi connectivity index (χ3n) is 5.03. The average Bonchev–Trinajstić information content (AvgIpc) is 2.79. The Morgan fingerprint density at radius 2 is 1.84 bits per heavy atom. The van der Waals surface area contributed by atoms with E-state index < -0.39 is 0 Å². The van der Waals surface area contributed by atoms with E-state index in [0.29, 0.717) is 17.8 Å². The number of morpholine rings is 1. The quantitative estimate of drug-likeness (QED) is 0.640. The SMILES string of the molecule is CN(C)c1ccc(NC(=O)/C=C/c2ccccc2)cc1C(=O)NCCN1CCOCC1. The Morgan fingerprint density at radius 1 is 1.10 bits per heavy atom. The first-order valence-corrected chi connectivity index (χ1v) is 10.5. The zero-order chi connectivity index (χ0) is 22.1. The third-order valence-corrected chi connectivity index (χ3v) is 5.03. The molecule has 164 valence electrons. The Morgan fingerprint density at radius 3 is 2.55 bits per heavy atom. The number of hydrogen-bond acceptors (Lipinski definition) is 5. The monoisotopic (exact) mass is 422 g/mol. The van der Waals surface area contributed by atoms with Gasteiger partial charge in [-0.2, -0.15) is 0 Å². The van der Waals surface area contributed by atoms with Gasteiger partial charge < -0.3 is 20.3 Å². The number of ether oxygens (including phenoxy) is 1. The van der Waals surface area contributed by atoms with E-state index in [0.717, 1.165) is 44.1 Å². The van der Waals surface area contributed by atoms with E-state index in [9.17, 15) is 9.59 Å². The minimum Gasteiger partial charge on any atom is -0.379 e. The zero-order valence-electron chi connectivity index (χ0n) is 18.1. The second kappa shape index (κ2) is 11.3. The molecule has 1 aliphatic rings. The van der Waals surface area contributed by atoms with Crippen LogP contribution in [0.3, 0.4) is 0 Å². The highest BCUT2D eigenvalue weighted by atomic mass is 16.5. The summed E-state index contributed by atoms with van der Waals surface area (Å²) < 4.78 is 5.35. The van der Waals surface area contributed by atoms with Gasteiger partial charge in [0.2, 0.25) is 5.91 Å². The highest BCUT2D eigenvalue weighted by molar-refractivity contribution is 6.05. The summed E-state index contributed by atoms with van der Waals surface area (Å²) in [7, 11) is 3.78. The van der Waals surface area contributed by atoms with Gasteiger partial charge in [-0.1, -0.05) is 30.3 Å². The van der Waals surface area contributed by atoms with Crippen molar-refractivity contribution in [3.8, 4) is 0 Å². The van der Waals surface area contributed by atoms with Crippen LogP contribution in [0.5, 0.6) is 0 Å². The molecular weight excluding hydrogens is 392 g/mol. The first kappa shape index (κ1) is 22.5. The molecule has 0 atom stereocenters. The minimum absolute atomic E-state index is 0.159. The fourth-order valence-electron chi connectivity index (χ4n) is 3.35. The molecule has 0 bridgehead atoms. The van der Waals surface area contributed by atoms with Crippen LogP contribution in [0.25, 0.3) is 6.08 Å². The van der Waals surface area contributed by atoms with Gasteiger partial charge in [-0.3, -0.25) is 14.5 Å². The number of rotatable bonds is 8. The number of carbonyl (C=O) groups excluding carboxylic acids is 2. The van der Waals surface area contributed by atoms with Crippen LogP contribution in [0.1, 0.15) is 15.9 Å². The minimum atomic E-state index is -0.250. The lowest BCUT2D eigenvalue weighted by Crippen LogP contribution is -2.41. The molecule has 3 rings (SSSR count). The second-order valence-corrected chi connectivity index (χ2v) is 7.57. The van der Waals surface area contributed by atoms with Gasteiger partial charge in [-0.15, -0.1) is 0 Å². The predicted molar refractivity (Wildman–Crippen MR) is 124 cm³/mol. The van der Waals surface area contributed by atoms with Gasteiger partial charge in [0.15, 0.2) is 0 Å². The molecule has 2 aromatic carbocycles. The highest BCUT2D eigenvalue weighted by Gasteiger charge is 2.15. The molecule has 7 heteroatoms. The zero-order valence-corrected chi connectivity index (χ0v) is 18.1. The van der Waals surface area contributed by atoms with Gasteiger partial charge in [0, 0.05) is 57.7 Å².